The first kappa shape index (κ1) is 22.3. The Morgan fingerprint density at radius 3 is 2.97 bits per heavy atom. The number of ether oxygens (including phenoxy) is 1. The molecule has 3 heterocycles. The first-order valence-electron chi connectivity index (χ1n) is 10.2. The molecular weight excluding hydrogens is 400 g/mol. The molecule has 7 nitrogen and oxygen atoms in total. The SMILES string of the molecule is CCC/C=C(/CO/N=C(\C)COC(O)C1=CN2C(=NN(C)C2C)C=C1)c1cccs1. The molecule has 0 bridgehead atoms. The lowest BCUT2D eigenvalue weighted by Gasteiger charge is -2.26. The molecule has 3 rings (SSSR count). The van der Waals surface area contributed by atoms with Crippen LogP contribution < -0.4 is 0 Å². The van der Waals surface area contributed by atoms with Gasteiger partial charge in [-0.25, -0.2) is 0 Å². The molecule has 8 heteroatoms. The molecule has 30 heavy (non-hydrogen) atoms. The number of aliphatic hydroxyl groups excluding tert-OH is 1. The lowest BCUT2D eigenvalue weighted by atomic mass is 10.2. The summed E-state index contributed by atoms with van der Waals surface area (Å²) in [6.07, 6.45) is 8.92. The van der Waals surface area contributed by atoms with Crippen molar-refractivity contribution in [1.82, 2.24) is 9.91 Å². The van der Waals surface area contributed by atoms with Gasteiger partial charge in [0.25, 0.3) is 0 Å². The lowest BCUT2D eigenvalue weighted by Crippen LogP contribution is -2.36. The van der Waals surface area contributed by atoms with E-state index in [0.29, 0.717) is 17.9 Å². The molecule has 1 N–H and O–H groups in total. The van der Waals surface area contributed by atoms with Gasteiger partial charge in [-0.2, -0.15) is 5.10 Å². The van der Waals surface area contributed by atoms with Gasteiger partial charge in [0, 0.05) is 29.3 Å². The number of hydrogen-bond acceptors (Lipinski definition) is 8. The van der Waals surface area contributed by atoms with Crippen LogP contribution in [-0.4, -0.2) is 59.3 Å². The average molecular weight is 431 g/mol. The Kier molecular flexibility index (Phi) is 7.84. The minimum absolute atomic E-state index is 0.0992. The van der Waals surface area contributed by atoms with Gasteiger partial charge in [0.05, 0.1) is 12.3 Å². The van der Waals surface area contributed by atoms with E-state index in [-0.39, 0.29) is 12.8 Å². The Morgan fingerprint density at radius 1 is 1.40 bits per heavy atom. The van der Waals surface area contributed by atoms with Crippen molar-refractivity contribution in [3.8, 4) is 0 Å². The highest BCUT2D eigenvalue weighted by atomic mass is 32.1. The second kappa shape index (κ2) is 10.6. The molecule has 0 amide bonds. The zero-order valence-electron chi connectivity index (χ0n) is 18.0. The molecule has 0 fully saturated rings. The summed E-state index contributed by atoms with van der Waals surface area (Å²) in [5.74, 6) is 0.852. The van der Waals surface area contributed by atoms with Crippen molar-refractivity contribution >= 4 is 28.5 Å². The van der Waals surface area contributed by atoms with Gasteiger partial charge < -0.3 is 19.6 Å². The molecular formula is C22H30N4O3S. The fourth-order valence-electron chi connectivity index (χ4n) is 3.03. The molecule has 1 aromatic heterocycles. The molecule has 2 aliphatic rings. The van der Waals surface area contributed by atoms with Crippen LogP contribution in [0.5, 0.6) is 0 Å². The van der Waals surface area contributed by atoms with Crippen molar-refractivity contribution in [2.75, 3.05) is 20.3 Å². The predicted octanol–water partition coefficient (Wildman–Crippen LogP) is 4.02. The third-order valence-electron chi connectivity index (χ3n) is 4.87. The molecule has 0 saturated carbocycles. The largest absolute Gasteiger partial charge is 0.391 e. The molecule has 0 saturated heterocycles. The Labute approximate surface area is 182 Å². The molecule has 0 aromatic carbocycles. The average Bonchev–Trinajstić information content (AvgIpc) is 3.37. The van der Waals surface area contributed by atoms with E-state index in [1.807, 2.05) is 55.2 Å². The summed E-state index contributed by atoms with van der Waals surface area (Å²) in [5.41, 5.74) is 2.48. The number of nitrogens with zero attached hydrogens (tertiary/aromatic N) is 4. The van der Waals surface area contributed by atoms with E-state index in [1.54, 1.807) is 11.3 Å². The molecule has 1 aromatic rings. The molecule has 0 spiro atoms. The summed E-state index contributed by atoms with van der Waals surface area (Å²) in [6.45, 7) is 6.61. The van der Waals surface area contributed by atoms with Crippen LogP contribution in [-0.2, 0) is 9.57 Å². The zero-order chi connectivity index (χ0) is 21.5. The smallest absolute Gasteiger partial charge is 0.183 e. The maximum absolute atomic E-state index is 10.4. The Bertz CT molecular complexity index is 858. The summed E-state index contributed by atoms with van der Waals surface area (Å²) in [4.78, 5) is 8.74. The van der Waals surface area contributed by atoms with E-state index in [1.165, 1.54) is 4.88 Å². The van der Waals surface area contributed by atoms with Crippen molar-refractivity contribution in [3.63, 3.8) is 0 Å². The minimum Gasteiger partial charge on any atom is -0.391 e. The standard InChI is InChI=1S/C22H30N4O3S/c1-5-6-8-19(20-9-7-12-30-20)15-29-24-16(2)14-28-22(27)18-10-11-21-23-25(4)17(3)26(21)13-18/h7-13,17,22,27H,5-6,14-15H2,1-4H3/b19-8-,24-16+. The number of hydrazone groups is 1. The van der Waals surface area contributed by atoms with E-state index >= 15 is 0 Å². The number of rotatable bonds is 10. The van der Waals surface area contributed by atoms with Crippen LogP contribution in [0.3, 0.4) is 0 Å². The number of hydrogen-bond donors (Lipinski definition) is 1. The van der Waals surface area contributed by atoms with Crippen LogP contribution in [0.15, 0.2) is 57.8 Å². The highest BCUT2D eigenvalue weighted by Crippen LogP contribution is 2.23. The molecule has 0 aliphatic carbocycles. The summed E-state index contributed by atoms with van der Waals surface area (Å²) in [5, 5.41) is 22.9. The van der Waals surface area contributed by atoms with Crippen LogP contribution in [0.4, 0.5) is 0 Å². The number of fused-ring (bicyclic) bond motifs is 1. The zero-order valence-corrected chi connectivity index (χ0v) is 18.8. The van der Waals surface area contributed by atoms with Gasteiger partial charge in [0.1, 0.15) is 12.8 Å². The van der Waals surface area contributed by atoms with Gasteiger partial charge >= 0.3 is 0 Å². The summed E-state index contributed by atoms with van der Waals surface area (Å²) in [7, 11) is 1.92. The van der Waals surface area contributed by atoms with Crippen LogP contribution in [0, 0.1) is 0 Å². The Balaban J connectivity index is 1.49. The first-order valence-corrected chi connectivity index (χ1v) is 11.0. The maximum atomic E-state index is 10.4. The van der Waals surface area contributed by atoms with E-state index < -0.39 is 6.29 Å². The number of thiophene rings is 1. The summed E-state index contributed by atoms with van der Waals surface area (Å²) in [6, 6.07) is 4.12. The van der Waals surface area contributed by atoms with E-state index in [4.69, 9.17) is 9.57 Å². The van der Waals surface area contributed by atoms with Gasteiger partial charge in [0.2, 0.25) is 0 Å². The second-order valence-corrected chi connectivity index (χ2v) is 8.24. The van der Waals surface area contributed by atoms with Crippen LogP contribution >= 0.6 is 11.3 Å². The van der Waals surface area contributed by atoms with Gasteiger partial charge in [-0.05, 0) is 43.9 Å². The van der Waals surface area contributed by atoms with Crippen molar-refractivity contribution in [2.45, 2.75) is 46.1 Å². The fourth-order valence-corrected chi connectivity index (χ4v) is 3.78. The van der Waals surface area contributed by atoms with Gasteiger partial charge in [0.15, 0.2) is 12.1 Å². The van der Waals surface area contributed by atoms with Crippen molar-refractivity contribution < 1.29 is 14.7 Å². The van der Waals surface area contributed by atoms with Crippen LogP contribution in [0.2, 0.25) is 0 Å². The van der Waals surface area contributed by atoms with Gasteiger partial charge in [-0.3, -0.25) is 5.01 Å². The van der Waals surface area contributed by atoms with Crippen molar-refractivity contribution in [3.05, 3.63) is 52.4 Å². The Hall–Kier alpha value is -2.42. The van der Waals surface area contributed by atoms with Crippen LogP contribution in [0.25, 0.3) is 5.57 Å². The number of amidine groups is 1. The maximum Gasteiger partial charge on any atom is 0.183 e. The lowest BCUT2D eigenvalue weighted by molar-refractivity contribution is -0.0558. The third kappa shape index (κ3) is 5.59. The molecule has 162 valence electrons. The molecule has 2 atom stereocenters. The quantitative estimate of drug-likeness (QED) is 0.345. The molecule has 2 unspecified atom stereocenters. The number of oxime groups is 1. The number of allylic oxidation sites excluding steroid dienone is 1. The monoisotopic (exact) mass is 430 g/mol. The fraction of sp³-hybridized carbons (Fsp3) is 0.455. The second-order valence-electron chi connectivity index (χ2n) is 7.29. The van der Waals surface area contributed by atoms with E-state index in [2.05, 4.69) is 34.7 Å². The molecule has 0 radical (unpaired) electrons. The van der Waals surface area contributed by atoms with Gasteiger partial charge in [-0.15, -0.1) is 11.3 Å². The third-order valence-corrected chi connectivity index (χ3v) is 5.82. The number of unbranched alkanes of at least 4 members (excludes halogenated alkanes) is 1. The molecule has 2 aliphatic heterocycles. The predicted molar refractivity (Wildman–Crippen MR) is 122 cm³/mol. The highest BCUT2D eigenvalue weighted by molar-refractivity contribution is 7.11. The summed E-state index contributed by atoms with van der Waals surface area (Å²) >= 11 is 1.69. The van der Waals surface area contributed by atoms with E-state index in [9.17, 15) is 5.11 Å². The van der Waals surface area contributed by atoms with E-state index in [0.717, 1.165) is 24.3 Å². The minimum atomic E-state index is -1.04. The summed E-state index contributed by atoms with van der Waals surface area (Å²) < 4.78 is 5.58. The normalized spacial score (nSPS) is 20.2. The highest BCUT2D eigenvalue weighted by Gasteiger charge is 2.28. The first-order chi connectivity index (χ1) is 14.5. The number of aliphatic hydroxyl groups is 1. The van der Waals surface area contributed by atoms with Crippen LogP contribution in [0.1, 0.15) is 38.5 Å². The Morgan fingerprint density at radius 2 is 2.23 bits per heavy atom. The van der Waals surface area contributed by atoms with Gasteiger partial charge in [-0.1, -0.05) is 30.6 Å². The topological polar surface area (TPSA) is 69.9 Å². The van der Waals surface area contributed by atoms with Crippen molar-refractivity contribution in [1.29, 1.82) is 0 Å². The van der Waals surface area contributed by atoms with Crippen molar-refractivity contribution in [2.24, 2.45) is 10.3 Å².